The van der Waals surface area contributed by atoms with Gasteiger partial charge in [0, 0.05) is 111 Å². The molecule has 0 spiro atoms. The fourth-order valence-corrected chi connectivity index (χ4v) is 9.71. The van der Waals surface area contributed by atoms with Gasteiger partial charge in [0.05, 0.1) is 72.4 Å². The Bertz CT molecular complexity index is 3530. The number of carboxylic acids is 2. The first-order chi connectivity index (χ1) is 41.3. The Morgan fingerprint density at radius 3 is 1.13 bits per heavy atom. The molecular formula is C64H70N10O13. The minimum absolute atomic E-state index is 0. The number of aromatic nitrogens is 2. The normalized spacial score (nSPS) is 14.1. The van der Waals surface area contributed by atoms with Crippen molar-refractivity contribution in [2.24, 2.45) is 9.98 Å². The molecule has 0 unspecified atom stereocenters. The van der Waals surface area contributed by atoms with E-state index in [1.807, 2.05) is 109 Å². The zero-order valence-corrected chi connectivity index (χ0v) is 49.1. The van der Waals surface area contributed by atoms with E-state index in [-0.39, 0.29) is 29.1 Å². The highest BCUT2D eigenvalue weighted by molar-refractivity contribution is 6.27. The number of H-pyrrole nitrogens is 2. The van der Waals surface area contributed by atoms with E-state index < -0.39 is 23.9 Å². The second-order valence-electron chi connectivity index (χ2n) is 20.6. The Kier molecular flexibility index (Phi) is 22.0. The maximum absolute atomic E-state index is 12.9. The average molecular weight is 1190 g/mol. The molecule has 0 bridgehead atoms. The quantitative estimate of drug-likeness (QED) is 0.0389. The highest BCUT2D eigenvalue weighted by Crippen LogP contribution is 2.35. The number of nitrogens with one attached hydrogen (secondary N) is 2. The Hall–Kier alpha value is -10.0. The van der Waals surface area contributed by atoms with Gasteiger partial charge in [-0.2, -0.15) is 0 Å². The Morgan fingerprint density at radius 2 is 0.816 bits per heavy atom. The zero-order valence-electron chi connectivity index (χ0n) is 49.1. The smallest absolute Gasteiger partial charge is 0.414 e. The third-order valence-corrected chi connectivity index (χ3v) is 14.8. The molecule has 454 valence electrons. The molecule has 8 N–H and O–H groups in total. The third kappa shape index (κ3) is 16.2. The van der Waals surface area contributed by atoms with Crippen molar-refractivity contribution in [3.63, 3.8) is 0 Å². The van der Waals surface area contributed by atoms with Gasteiger partial charge in [0.15, 0.2) is 11.8 Å². The van der Waals surface area contributed by atoms with Gasteiger partial charge in [-0.15, -0.1) is 0 Å². The summed E-state index contributed by atoms with van der Waals surface area (Å²) >= 11 is 0. The number of anilines is 2. The number of carbonyl (C=O) groups excluding carboxylic acids is 4. The first-order valence-electron chi connectivity index (χ1n) is 27.5. The molecule has 8 aromatic rings. The molecule has 0 atom stereocenters. The summed E-state index contributed by atoms with van der Waals surface area (Å²) in [5, 5.41) is 38.1. The van der Waals surface area contributed by atoms with E-state index in [9.17, 15) is 29.4 Å². The molecule has 23 heteroatoms. The predicted molar refractivity (Wildman–Crippen MR) is 333 cm³/mol. The molecule has 2 aliphatic heterocycles. The number of esters is 2. The molecule has 10 rings (SSSR count). The second kappa shape index (κ2) is 29.7. The summed E-state index contributed by atoms with van der Waals surface area (Å²) < 4.78 is 9.67. The number of carboxylic acid groups (broad SMARTS) is 2. The lowest BCUT2D eigenvalue weighted by atomic mass is 10.00. The van der Waals surface area contributed by atoms with E-state index >= 15 is 0 Å². The van der Waals surface area contributed by atoms with Crippen LogP contribution < -0.4 is 9.80 Å². The van der Waals surface area contributed by atoms with Crippen LogP contribution >= 0.6 is 0 Å². The first-order valence-corrected chi connectivity index (χ1v) is 27.5. The summed E-state index contributed by atoms with van der Waals surface area (Å²) in [7, 11) is 10.4. The monoisotopic (exact) mass is 1190 g/mol. The Balaban J connectivity index is 0.000000225. The summed E-state index contributed by atoms with van der Waals surface area (Å²) in [6.07, 6.45) is 0. The minimum Gasteiger partial charge on any atom is -0.494 e. The highest BCUT2D eigenvalue weighted by Gasteiger charge is 2.25. The van der Waals surface area contributed by atoms with Crippen molar-refractivity contribution in [1.82, 2.24) is 29.6 Å². The van der Waals surface area contributed by atoms with Crippen LogP contribution in [0.4, 0.5) is 22.7 Å². The number of fused-ring (bicyclic) bond motifs is 2. The van der Waals surface area contributed by atoms with Gasteiger partial charge in [-0.05, 0) is 86.9 Å². The lowest BCUT2D eigenvalue weighted by molar-refractivity contribution is -0.159. The Morgan fingerprint density at radius 1 is 0.483 bits per heavy atom. The molecule has 4 heterocycles. The molecular weight excluding hydrogens is 1120 g/mol. The Labute approximate surface area is 501 Å². The van der Waals surface area contributed by atoms with E-state index in [1.54, 1.807) is 60.3 Å². The number of methoxy groups -OCH3 is 2. The van der Waals surface area contributed by atoms with Gasteiger partial charge in [-0.1, -0.05) is 72.8 Å². The lowest BCUT2D eigenvalue weighted by Crippen LogP contribution is -2.48. The number of hydrogen-bond acceptors (Lipinski definition) is 16. The largest absolute Gasteiger partial charge is 0.494 e. The van der Waals surface area contributed by atoms with Gasteiger partial charge in [0.2, 0.25) is 11.8 Å². The summed E-state index contributed by atoms with van der Waals surface area (Å²) in [5.41, 5.74) is 8.68. The van der Waals surface area contributed by atoms with Gasteiger partial charge in [0.1, 0.15) is 0 Å². The molecule has 0 saturated carbocycles. The number of aliphatic imine (C=N–C) groups is 2. The van der Waals surface area contributed by atoms with Crippen LogP contribution in [0.2, 0.25) is 0 Å². The summed E-state index contributed by atoms with van der Waals surface area (Å²) in [4.78, 5) is 96.2. The number of hydrogen-bond donors (Lipinski definition) is 6. The summed E-state index contributed by atoms with van der Waals surface area (Å²) in [6.45, 7) is 8.18. The molecule has 2 saturated heterocycles. The third-order valence-electron chi connectivity index (χ3n) is 14.8. The number of ether oxygens (including phenoxy) is 2. The number of benzene rings is 6. The molecule has 2 amide bonds. The summed E-state index contributed by atoms with van der Waals surface area (Å²) in [6, 6.07) is 44.3. The SMILES string of the molecule is COC(=O)c1ccc2c(C(=Nc3ccc(N(C)C(=O)CN4CCN(C)CC4)cc3)c3ccccc3)c(O)[nH]c2c1.COC(=O)c1ccc2c(C(=Nc3ccc(N(C)C(=O)CN4CCN(C)CC4)cc3)c3ccccc3)c(O)[nH]c2c1.O.O=C(O)C(=O)O. The molecule has 0 radical (unpaired) electrons. The molecule has 6 aromatic carbocycles. The second-order valence-corrected chi connectivity index (χ2v) is 20.6. The van der Waals surface area contributed by atoms with Crippen molar-refractivity contribution in [3.05, 3.63) is 179 Å². The van der Waals surface area contributed by atoms with Gasteiger partial charge in [-0.25, -0.2) is 29.2 Å². The van der Waals surface area contributed by atoms with Crippen molar-refractivity contribution in [2.75, 3.05) is 118 Å². The number of likely N-dealkylation sites (N-methyl/N-ethyl adjacent to an activating group) is 4. The number of rotatable bonds is 14. The van der Waals surface area contributed by atoms with Crippen LogP contribution in [-0.2, 0) is 28.7 Å². The standard InChI is InChI=1S/2C31H33N5O4.C2H2O4.H2O/c2*1-34-15-17-36(18-16-34)20-27(37)35(2)24-12-10-23(11-13-24)32-29(21-7-5-4-6-8-21)28-25-14-9-22(31(39)40-3)19-26(25)33-30(28)38;3-1(4)2(5)6;/h2*4-14,19,33,38H,15-18,20H2,1-3H3;(H,3,4)(H,5,6);1H2. The van der Waals surface area contributed by atoms with Crippen molar-refractivity contribution >= 4 is 91.7 Å². The van der Waals surface area contributed by atoms with E-state index in [1.165, 1.54) is 14.2 Å². The number of aromatic hydroxyl groups is 2. The predicted octanol–water partition coefficient (Wildman–Crippen LogP) is 6.41. The van der Waals surface area contributed by atoms with Crippen LogP contribution in [0.5, 0.6) is 11.8 Å². The fraction of sp³-hybridized carbons (Fsp3) is 0.250. The van der Waals surface area contributed by atoms with Crippen LogP contribution in [0.25, 0.3) is 21.8 Å². The zero-order chi connectivity index (χ0) is 61.6. The number of aromatic amines is 2. The van der Waals surface area contributed by atoms with Gasteiger partial charge in [-0.3, -0.25) is 19.4 Å². The maximum Gasteiger partial charge on any atom is 0.414 e. The molecule has 2 fully saturated rings. The van der Waals surface area contributed by atoms with Crippen molar-refractivity contribution in [3.8, 4) is 11.8 Å². The van der Waals surface area contributed by atoms with Crippen LogP contribution in [0.1, 0.15) is 43.0 Å². The van der Waals surface area contributed by atoms with Crippen LogP contribution in [-0.4, -0.2) is 210 Å². The average Bonchev–Trinajstić information content (AvgIpc) is 1.84. The van der Waals surface area contributed by atoms with Crippen LogP contribution in [0.3, 0.4) is 0 Å². The van der Waals surface area contributed by atoms with Crippen LogP contribution in [0.15, 0.2) is 156 Å². The minimum atomic E-state index is -1.82. The highest BCUT2D eigenvalue weighted by atomic mass is 16.5. The van der Waals surface area contributed by atoms with E-state index in [2.05, 4.69) is 43.7 Å². The number of nitrogens with zero attached hydrogens (tertiary/aromatic N) is 8. The van der Waals surface area contributed by atoms with Crippen molar-refractivity contribution in [2.45, 2.75) is 0 Å². The molecule has 87 heavy (non-hydrogen) atoms. The molecule has 2 aromatic heterocycles. The fourth-order valence-electron chi connectivity index (χ4n) is 9.71. The number of piperazine rings is 2. The van der Waals surface area contributed by atoms with Gasteiger partial charge >= 0.3 is 23.9 Å². The van der Waals surface area contributed by atoms with Crippen molar-refractivity contribution in [1.29, 1.82) is 0 Å². The maximum atomic E-state index is 12.9. The van der Waals surface area contributed by atoms with E-state index in [0.29, 0.717) is 69.2 Å². The molecule has 0 aliphatic carbocycles. The topological polar surface area (TPSA) is 309 Å². The number of amides is 2. The lowest BCUT2D eigenvalue weighted by Gasteiger charge is -2.32. The first kappa shape index (κ1) is 64.5. The van der Waals surface area contributed by atoms with Gasteiger partial charge < -0.3 is 64.9 Å². The van der Waals surface area contributed by atoms with Crippen molar-refractivity contribution < 1.29 is 64.1 Å². The molecule has 2 aliphatic rings. The van der Waals surface area contributed by atoms with E-state index in [4.69, 9.17) is 39.3 Å². The molecule has 23 nitrogen and oxygen atoms in total. The van der Waals surface area contributed by atoms with E-state index in [0.717, 1.165) is 85.6 Å². The van der Waals surface area contributed by atoms with Crippen LogP contribution in [0, 0.1) is 0 Å². The summed E-state index contributed by atoms with van der Waals surface area (Å²) in [5.74, 6) is -4.58. The van der Waals surface area contributed by atoms with Gasteiger partial charge in [0.25, 0.3) is 0 Å². The number of carbonyl (C=O) groups is 6. The number of aliphatic carboxylic acids is 2.